The van der Waals surface area contributed by atoms with E-state index in [2.05, 4.69) is 5.10 Å². The number of nitrogens with zero attached hydrogens (tertiary/aromatic N) is 2. The van der Waals surface area contributed by atoms with Gasteiger partial charge in [-0.1, -0.05) is 30.7 Å². The van der Waals surface area contributed by atoms with Crippen molar-refractivity contribution in [2.75, 3.05) is 7.11 Å². The highest BCUT2D eigenvalue weighted by Crippen LogP contribution is 2.33. The Bertz CT molecular complexity index is 600. The number of hydrogen-bond acceptors (Lipinski definition) is 3. The van der Waals surface area contributed by atoms with Crippen LogP contribution in [0.4, 0.5) is 4.39 Å². The lowest BCUT2D eigenvalue weighted by molar-refractivity contribution is 0.404. The monoisotopic (exact) mass is 297 g/mol. The lowest BCUT2D eigenvalue weighted by Gasteiger charge is -2.17. The van der Waals surface area contributed by atoms with Gasteiger partial charge in [0.25, 0.3) is 0 Å². The molecule has 6 heteroatoms. The van der Waals surface area contributed by atoms with E-state index >= 15 is 0 Å². The SMILES string of the molecule is CCCn1ncc(OC)c1C(N)c1cccc(F)c1Cl. The van der Waals surface area contributed by atoms with Gasteiger partial charge in [0.15, 0.2) is 5.75 Å². The zero-order valence-corrected chi connectivity index (χ0v) is 12.2. The quantitative estimate of drug-likeness (QED) is 0.922. The first-order valence-corrected chi connectivity index (χ1v) is 6.77. The Morgan fingerprint density at radius 1 is 1.50 bits per heavy atom. The minimum atomic E-state index is -0.595. The number of aromatic nitrogens is 2. The van der Waals surface area contributed by atoms with Crippen LogP contribution >= 0.6 is 11.6 Å². The fourth-order valence-corrected chi connectivity index (χ4v) is 2.39. The Kier molecular flexibility index (Phi) is 4.62. The highest BCUT2D eigenvalue weighted by atomic mass is 35.5. The highest BCUT2D eigenvalue weighted by molar-refractivity contribution is 6.31. The second-order valence-corrected chi connectivity index (χ2v) is 4.82. The number of benzene rings is 1. The number of halogens is 2. The molecule has 0 aliphatic carbocycles. The number of rotatable bonds is 5. The van der Waals surface area contributed by atoms with E-state index in [1.54, 1.807) is 30.1 Å². The minimum Gasteiger partial charge on any atom is -0.493 e. The summed E-state index contributed by atoms with van der Waals surface area (Å²) < 4.78 is 20.6. The minimum absolute atomic E-state index is 0.0336. The Hall–Kier alpha value is -1.59. The van der Waals surface area contributed by atoms with E-state index in [0.29, 0.717) is 23.6 Å². The van der Waals surface area contributed by atoms with Gasteiger partial charge in [0.05, 0.1) is 24.4 Å². The smallest absolute Gasteiger partial charge is 0.161 e. The van der Waals surface area contributed by atoms with Crippen molar-refractivity contribution in [3.63, 3.8) is 0 Å². The standard InChI is InChI=1S/C14H17ClFN3O/c1-3-7-19-14(11(20-2)8-18-19)13(17)9-5-4-6-10(16)12(9)15/h4-6,8,13H,3,7,17H2,1-2H3. The molecule has 0 bridgehead atoms. The first kappa shape index (κ1) is 14.8. The number of hydrogen-bond donors (Lipinski definition) is 1. The fourth-order valence-electron chi connectivity index (χ4n) is 2.15. The van der Waals surface area contributed by atoms with Gasteiger partial charge in [0.1, 0.15) is 11.5 Å². The Labute approximate surface area is 122 Å². The first-order valence-electron chi connectivity index (χ1n) is 6.39. The average molecular weight is 298 g/mol. The van der Waals surface area contributed by atoms with Crippen LogP contribution in [0.2, 0.25) is 5.02 Å². The zero-order valence-electron chi connectivity index (χ0n) is 11.4. The van der Waals surface area contributed by atoms with E-state index in [4.69, 9.17) is 22.1 Å². The summed E-state index contributed by atoms with van der Waals surface area (Å²) in [5, 5.41) is 4.28. The molecule has 108 valence electrons. The molecule has 1 aromatic carbocycles. The van der Waals surface area contributed by atoms with Gasteiger partial charge in [-0.05, 0) is 18.1 Å². The average Bonchev–Trinajstić information content (AvgIpc) is 2.84. The molecule has 4 nitrogen and oxygen atoms in total. The van der Waals surface area contributed by atoms with Crippen LogP contribution in [-0.4, -0.2) is 16.9 Å². The molecule has 0 aliphatic heterocycles. The lowest BCUT2D eigenvalue weighted by atomic mass is 10.0. The molecule has 2 rings (SSSR count). The van der Waals surface area contributed by atoms with Crippen molar-refractivity contribution in [3.05, 3.63) is 46.5 Å². The third kappa shape index (κ3) is 2.64. The Morgan fingerprint density at radius 2 is 2.25 bits per heavy atom. The van der Waals surface area contributed by atoms with Crippen molar-refractivity contribution in [2.24, 2.45) is 5.73 Å². The Balaban J connectivity index is 2.49. The summed E-state index contributed by atoms with van der Waals surface area (Å²) in [5.41, 5.74) is 7.46. The van der Waals surface area contributed by atoms with Gasteiger partial charge in [-0.25, -0.2) is 4.39 Å². The third-order valence-electron chi connectivity index (χ3n) is 3.11. The maximum absolute atomic E-state index is 13.6. The van der Waals surface area contributed by atoms with Crippen LogP contribution in [0.5, 0.6) is 5.75 Å². The molecule has 20 heavy (non-hydrogen) atoms. The largest absolute Gasteiger partial charge is 0.493 e. The van der Waals surface area contributed by atoms with Gasteiger partial charge in [-0.3, -0.25) is 4.68 Å². The summed E-state index contributed by atoms with van der Waals surface area (Å²) in [6.45, 7) is 2.75. The second kappa shape index (κ2) is 6.24. The summed E-state index contributed by atoms with van der Waals surface area (Å²) in [7, 11) is 1.55. The maximum atomic E-state index is 13.6. The van der Waals surface area contributed by atoms with Gasteiger partial charge >= 0.3 is 0 Å². The van der Waals surface area contributed by atoms with Gasteiger partial charge in [-0.15, -0.1) is 0 Å². The molecule has 2 aromatic rings. The van der Waals surface area contributed by atoms with Crippen molar-refractivity contribution in [1.82, 2.24) is 9.78 Å². The molecule has 0 aliphatic rings. The fraction of sp³-hybridized carbons (Fsp3) is 0.357. The molecule has 0 spiro atoms. The van der Waals surface area contributed by atoms with Crippen molar-refractivity contribution in [2.45, 2.75) is 25.9 Å². The molecule has 1 aromatic heterocycles. The molecule has 1 atom stereocenters. The van der Waals surface area contributed by atoms with E-state index in [0.717, 1.165) is 6.42 Å². The van der Waals surface area contributed by atoms with E-state index < -0.39 is 11.9 Å². The van der Waals surface area contributed by atoms with Crippen molar-refractivity contribution >= 4 is 11.6 Å². The van der Waals surface area contributed by atoms with Crippen molar-refractivity contribution in [3.8, 4) is 5.75 Å². The molecular weight excluding hydrogens is 281 g/mol. The molecule has 0 amide bonds. The topological polar surface area (TPSA) is 53.1 Å². The third-order valence-corrected chi connectivity index (χ3v) is 3.51. The first-order chi connectivity index (χ1) is 9.60. The van der Waals surface area contributed by atoms with E-state index in [1.165, 1.54) is 6.07 Å². The zero-order chi connectivity index (χ0) is 14.7. The number of ether oxygens (including phenoxy) is 1. The Morgan fingerprint density at radius 3 is 2.90 bits per heavy atom. The molecule has 1 unspecified atom stereocenters. The van der Waals surface area contributed by atoms with Crippen LogP contribution in [0.1, 0.15) is 30.6 Å². The van der Waals surface area contributed by atoms with Crippen LogP contribution in [-0.2, 0) is 6.54 Å². The summed E-state index contributed by atoms with van der Waals surface area (Å²) in [4.78, 5) is 0. The normalized spacial score (nSPS) is 12.4. The van der Waals surface area contributed by atoms with Gasteiger partial charge < -0.3 is 10.5 Å². The van der Waals surface area contributed by atoms with Crippen molar-refractivity contribution in [1.29, 1.82) is 0 Å². The van der Waals surface area contributed by atoms with Crippen molar-refractivity contribution < 1.29 is 9.13 Å². The van der Waals surface area contributed by atoms with E-state index in [9.17, 15) is 4.39 Å². The highest BCUT2D eigenvalue weighted by Gasteiger charge is 2.23. The number of nitrogens with two attached hydrogens (primary N) is 1. The predicted octanol–water partition coefficient (Wildman–Crippen LogP) is 3.14. The van der Waals surface area contributed by atoms with Crippen LogP contribution in [0.15, 0.2) is 24.4 Å². The van der Waals surface area contributed by atoms with Crippen LogP contribution in [0.3, 0.4) is 0 Å². The van der Waals surface area contributed by atoms with Gasteiger partial charge in [0, 0.05) is 6.54 Å². The molecule has 0 saturated heterocycles. The molecule has 0 radical (unpaired) electrons. The molecular formula is C14H17ClFN3O. The molecule has 0 fully saturated rings. The molecule has 0 saturated carbocycles. The van der Waals surface area contributed by atoms with E-state index in [1.807, 2.05) is 6.92 Å². The van der Waals surface area contributed by atoms with Crippen LogP contribution in [0, 0.1) is 5.82 Å². The maximum Gasteiger partial charge on any atom is 0.161 e. The lowest BCUT2D eigenvalue weighted by Crippen LogP contribution is -2.19. The van der Waals surface area contributed by atoms with Crippen LogP contribution in [0.25, 0.3) is 0 Å². The summed E-state index contributed by atoms with van der Waals surface area (Å²) in [6, 6.07) is 4.00. The number of methoxy groups -OCH3 is 1. The van der Waals surface area contributed by atoms with Gasteiger partial charge in [0.2, 0.25) is 0 Å². The van der Waals surface area contributed by atoms with E-state index in [-0.39, 0.29) is 5.02 Å². The molecule has 1 heterocycles. The summed E-state index contributed by atoms with van der Waals surface area (Å²) >= 11 is 6.00. The second-order valence-electron chi connectivity index (χ2n) is 4.44. The predicted molar refractivity (Wildman–Crippen MR) is 76.5 cm³/mol. The van der Waals surface area contributed by atoms with Crippen LogP contribution < -0.4 is 10.5 Å². The summed E-state index contributed by atoms with van der Waals surface area (Å²) in [6.07, 6.45) is 2.51. The van der Waals surface area contributed by atoms with Gasteiger partial charge in [-0.2, -0.15) is 5.10 Å². The number of aryl methyl sites for hydroxylation is 1. The molecule has 2 N–H and O–H groups in total. The summed E-state index contributed by atoms with van der Waals surface area (Å²) in [5.74, 6) is 0.0893.